The van der Waals surface area contributed by atoms with E-state index in [1.165, 1.54) is 77.0 Å². The molecule has 6 rings (SSSR count). The first-order chi connectivity index (χ1) is 17.7. The van der Waals surface area contributed by atoms with E-state index in [1.807, 2.05) is 6.20 Å². The van der Waals surface area contributed by atoms with Gasteiger partial charge in [-0.2, -0.15) is 4.98 Å². The molecule has 0 amide bonds. The molecule has 0 radical (unpaired) electrons. The molecule has 2 aromatic rings. The van der Waals surface area contributed by atoms with Gasteiger partial charge in [0.2, 0.25) is 11.9 Å². The van der Waals surface area contributed by atoms with Crippen LogP contribution >= 0.6 is 37.2 Å². The summed E-state index contributed by atoms with van der Waals surface area (Å²) in [6, 6.07) is 1.23. The lowest BCUT2D eigenvalue weighted by molar-refractivity contribution is 0.178. The molecule has 4 N–H and O–H groups in total. The van der Waals surface area contributed by atoms with Gasteiger partial charge in [0.15, 0.2) is 5.65 Å². The topological polar surface area (TPSA) is 96.9 Å². The molecule has 1 saturated heterocycles. The number of halogens is 3. The van der Waals surface area contributed by atoms with Gasteiger partial charge in [-0.3, -0.25) is 9.99 Å². The summed E-state index contributed by atoms with van der Waals surface area (Å²) in [7, 11) is 0. The van der Waals surface area contributed by atoms with Crippen molar-refractivity contribution in [1.82, 2.24) is 24.5 Å². The Bertz CT molecular complexity index is 992. The number of rotatable bonds is 7. The Balaban J connectivity index is 0.00000140. The highest BCUT2D eigenvalue weighted by Crippen LogP contribution is 2.36. The van der Waals surface area contributed by atoms with Crippen molar-refractivity contribution in [2.45, 2.75) is 121 Å². The minimum absolute atomic E-state index is 0. The number of anilines is 2. The molecule has 0 atom stereocenters. The third kappa shape index (κ3) is 8.03. The highest BCUT2D eigenvalue weighted by Gasteiger charge is 2.28. The van der Waals surface area contributed by atoms with Crippen molar-refractivity contribution in [1.29, 1.82) is 0 Å². The van der Waals surface area contributed by atoms with Crippen LogP contribution in [0.15, 0.2) is 6.20 Å². The minimum Gasteiger partial charge on any atom is -0.351 e. The van der Waals surface area contributed by atoms with Crippen molar-refractivity contribution in [3.8, 4) is 0 Å². The van der Waals surface area contributed by atoms with Crippen molar-refractivity contribution in [2.24, 2.45) is 17.6 Å². The summed E-state index contributed by atoms with van der Waals surface area (Å²) in [4.78, 5) is 14.7. The Hall–Kier alpha value is -1.06. The average molecular weight is 604 g/mol. The number of hydrazine groups is 1. The molecular formula is C28H49Cl3N8. The van der Waals surface area contributed by atoms with Gasteiger partial charge in [-0.25, -0.2) is 15.0 Å². The fraction of sp³-hybridized carbons (Fsp3) is 0.821. The maximum Gasteiger partial charge on any atom is 0.224 e. The predicted octanol–water partition coefficient (Wildman–Crippen LogP) is 6.90. The smallest absolute Gasteiger partial charge is 0.224 e. The molecule has 0 spiro atoms. The van der Waals surface area contributed by atoms with E-state index in [9.17, 15) is 0 Å². The molecule has 11 heteroatoms. The van der Waals surface area contributed by atoms with Crippen LogP contribution in [0.3, 0.4) is 0 Å². The van der Waals surface area contributed by atoms with Gasteiger partial charge in [-0.05, 0) is 69.6 Å². The molecule has 0 unspecified atom stereocenters. The van der Waals surface area contributed by atoms with Crippen LogP contribution in [-0.2, 0) is 0 Å². The molecule has 39 heavy (non-hydrogen) atoms. The third-order valence-electron chi connectivity index (χ3n) is 9.49. The second-order valence-electron chi connectivity index (χ2n) is 12.2. The van der Waals surface area contributed by atoms with E-state index in [0.717, 1.165) is 73.7 Å². The van der Waals surface area contributed by atoms with Crippen LogP contribution in [0, 0.1) is 11.8 Å². The highest BCUT2D eigenvalue weighted by molar-refractivity contribution is 5.86. The molecule has 3 aliphatic carbocycles. The minimum atomic E-state index is 0. The maximum atomic E-state index is 6.10. The van der Waals surface area contributed by atoms with Crippen LogP contribution in [0.1, 0.15) is 109 Å². The second kappa shape index (κ2) is 15.2. The molecule has 2 aromatic heterocycles. The van der Waals surface area contributed by atoms with Gasteiger partial charge in [0.1, 0.15) is 5.52 Å². The van der Waals surface area contributed by atoms with Crippen LogP contribution in [-0.4, -0.2) is 49.7 Å². The number of hydrogen-bond donors (Lipinski definition) is 3. The zero-order chi connectivity index (χ0) is 24.3. The first-order valence-electron chi connectivity index (χ1n) is 15.0. The van der Waals surface area contributed by atoms with Crippen LogP contribution in [0.25, 0.3) is 11.2 Å². The SMILES string of the molecule is Cl.Cl.Cl.N[C@H]1CC[C@H](Nc2ncc3nc(NN4CCC(CC5CCCCC5)CC4)n(C4CCCC4)c3n2)CC1. The number of imidazole rings is 1. The van der Waals surface area contributed by atoms with E-state index >= 15 is 0 Å². The molecule has 222 valence electrons. The van der Waals surface area contributed by atoms with Gasteiger partial charge >= 0.3 is 0 Å². The lowest BCUT2D eigenvalue weighted by Gasteiger charge is -2.35. The van der Waals surface area contributed by atoms with E-state index in [0.29, 0.717) is 18.1 Å². The fourth-order valence-corrected chi connectivity index (χ4v) is 7.31. The van der Waals surface area contributed by atoms with Gasteiger partial charge in [0.25, 0.3) is 0 Å². The van der Waals surface area contributed by atoms with Crippen LogP contribution in [0.4, 0.5) is 11.9 Å². The molecule has 4 fully saturated rings. The fourth-order valence-electron chi connectivity index (χ4n) is 7.31. The van der Waals surface area contributed by atoms with E-state index in [1.54, 1.807) is 0 Å². The number of aromatic nitrogens is 4. The third-order valence-corrected chi connectivity index (χ3v) is 9.49. The van der Waals surface area contributed by atoms with Crippen molar-refractivity contribution in [2.75, 3.05) is 23.8 Å². The van der Waals surface area contributed by atoms with Gasteiger partial charge in [0.05, 0.1) is 6.20 Å². The molecule has 3 saturated carbocycles. The quantitative estimate of drug-likeness (QED) is 0.317. The summed E-state index contributed by atoms with van der Waals surface area (Å²) in [5.41, 5.74) is 11.7. The van der Waals surface area contributed by atoms with Gasteiger partial charge in [-0.15, -0.1) is 37.2 Å². The Kier molecular flexibility index (Phi) is 12.7. The summed E-state index contributed by atoms with van der Waals surface area (Å²) in [6.07, 6.45) is 22.6. The normalized spacial score (nSPS) is 25.5. The maximum absolute atomic E-state index is 6.10. The Morgan fingerprint density at radius 1 is 0.769 bits per heavy atom. The number of fused-ring (bicyclic) bond motifs is 1. The average Bonchev–Trinajstić information content (AvgIpc) is 3.55. The predicted molar refractivity (Wildman–Crippen MR) is 168 cm³/mol. The highest BCUT2D eigenvalue weighted by atomic mass is 35.5. The molecule has 0 aromatic carbocycles. The summed E-state index contributed by atoms with van der Waals surface area (Å²) in [5, 5.41) is 6.00. The Morgan fingerprint density at radius 2 is 1.41 bits per heavy atom. The van der Waals surface area contributed by atoms with Crippen LogP contribution in [0.5, 0.6) is 0 Å². The molecule has 0 bridgehead atoms. The van der Waals surface area contributed by atoms with Gasteiger partial charge in [0, 0.05) is 31.2 Å². The Morgan fingerprint density at radius 3 is 2.10 bits per heavy atom. The summed E-state index contributed by atoms with van der Waals surface area (Å²) in [6.45, 7) is 2.21. The van der Waals surface area contributed by atoms with Crippen molar-refractivity contribution >= 4 is 60.3 Å². The second-order valence-corrected chi connectivity index (χ2v) is 12.2. The number of hydrogen-bond acceptors (Lipinski definition) is 7. The van der Waals surface area contributed by atoms with Crippen LogP contribution in [0.2, 0.25) is 0 Å². The van der Waals surface area contributed by atoms with Crippen molar-refractivity contribution < 1.29 is 0 Å². The molecule has 8 nitrogen and oxygen atoms in total. The summed E-state index contributed by atoms with van der Waals surface area (Å²) < 4.78 is 2.39. The molecule has 3 heterocycles. The number of nitrogens with one attached hydrogen (secondary N) is 2. The number of nitrogens with two attached hydrogens (primary N) is 1. The standard InChI is InChI=1S/C28H46N8.3ClH/c29-22-10-12-23(13-11-22)31-27-30-19-25-26(33-27)36(24-8-4-5-9-24)28(32-25)34-35-16-14-21(15-17-35)18-20-6-2-1-3-7-20;;;/h19-24H,1-18,29H2,(H,32,34)(H,30,31,33);3*1H/t22-,23-;;;. The first-order valence-corrected chi connectivity index (χ1v) is 15.0. The van der Waals surface area contributed by atoms with E-state index in [2.05, 4.69) is 25.3 Å². The zero-order valence-electron chi connectivity index (χ0n) is 23.2. The summed E-state index contributed by atoms with van der Waals surface area (Å²) in [5.74, 6) is 3.57. The molecule has 4 aliphatic rings. The number of piperidine rings is 1. The van der Waals surface area contributed by atoms with E-state index in [-0.39, 0.29) is 37.2 Å². The Labute approximate surface area is 252 Å². The molecule has 1 aliphatic heterocycles. The summed E-state index contributed by atoms with van der Waals surface area (Å²) >= 11 is 0. The van der Waals surface area contributed by atoms with Gasteiger partial charge in [-0.1, -0.05) is 44.9 Å². The van der Waals surface area contributed by atoms with E-state index in [4.69, 9.17) is 15.7 Å². The monoisotopic (exact) mass is 602 g/mol. The van der Waals surface area contributed by atoms with Crippen molar-refractivity contribution in [3.05, 3.63) is 6.20 Å². The molecular weight excluding hydrogens is 555 g/mol. The van der Waals surface area contributed by atoms with Crippen molar-refractivity contribution in [3.63, 3.8) is 0 Å². The van der Waals surface area contributed by atoms with E-state index < -0.39 is 0 Å². The number of nitrogens with zero attached hydrogens (tertiary/aromatic N) is 5. The van der Waals surface area contributed by atoms with Crippen LogP contribution < -0.4 is 16.5 Å². The zero-order valence-corrected chi connectivity index (χ0v) is 25.7. The lowest BCUT2D eigenvalue weighted by Crippen LogP contribution is -2.39. The first kappa shape index (κ1) is 32.5. The lowest BCUT2D eigenvalue weighted by atomic mass is 9.80. The largest absolute Gasteiger partial charge is 0.351 e. The van der Waals surface area contributed by atoms with Gasteiger partial charge < -0.3 is 11.1 Å².